The quantitative estimate of drug-likeness (QED) is 0.427. The zero-order valence-electron chi connectivity index (χ0n) is 18.1. The van der Waals surface area contributed by atoms with Gasteiger partial charge in [0.2, 0.25) is 15.9 Å². The van der Waals surface area contributed by atoms with Crippen molar-refractivity contribution in [3.05, 3.63) is 29.9 Å². The van der Waals surface area contributed by atoms with Crippen LogP contribution in [-0.2, 0) is 38.6 Å². The Morgan fingerprint density at radius 2 is 2.06 bits per heavy atom. The van der Waals surface area contributed by atoms with Crippen molar-refractivity contribution in [3.8, 4) is 0 Å². The zero-order valence-corrected chi connectivity index (χ0v) is 20.5. The molecule has 1 fully saturated rings. The second-order valence-electron chi connectivity index (χ2n) is 7.93. The topological polar surface area (TPSA) is 128 Å². The predicted octanol–water partition coefficient (Wildman–Crippen LogP) is 1.96. The van der Waals surface area contributed by atoms with Crippen molar-refractivity contribution in [3.63, 3.8) is 0 Å². The number of aromatic nitrogens is 4. The molecule has 1 unspecified atom stereocenters. The van der Waals surface area contributed by atoms with Crippen LogP contribution in [0.25, 0.3) is 11.0 Å². The molecular formula is C19H25N5O5S3. The minimum absolute atomic E-state index is 0.0234. The van der Waals surface area contributed by atoms with E-state index in [0.29, 0.717) is 41.8 Å². The van der Waals surface area contributed by atoms with Gasteiger partial charge in [0, 0.05) is 27.1 Å². The van der Waals surface area contributed by atoms with Crippen molar-refractivity contribution in [2.75, 3.05) is 25.6 Å². The van der Waals surface area contributed by atoms with E-state index < -0.39 is 19.9 Å². The van der Waals surface area contributed by atoms with E-state index in [1.165, 1.54) is 30.2 Å². The summed E-state index contributed by atoms with van der Waals surface area (Å²) in [5, 5.41) is 8.50. The van der Waals surface area contributed by atoms with Crippen molar-refractivity contribution in [2.24, 2.45) is 5.92 Å². The maximum Gasteiger partial charge on any atom is 0.277 e. The Morgan fingerprint density at radius 3 is 2.72 bits per heavy atom. The average Bonchev–Trinajstić information content (AvgIpc) is 3.42. The van der Waals surface area contributed by atoms with Crippen LogP contribution in [0.3, 0.4) is 0 Å². The molecule has 0 spiro atoms. The van der Waals surface area contributed by atoms with Gasteiger partial charge in [-0.25, -0.2) is 26.1 Å². The SMILES string of the molecule is CCn1c(CSc2nnc(CC3CCS(=O)(=O)C3)o2)nc2cc(S(=O)(=O)N(C)C)ccc21. The van der Waals surface area contributed by atoms with Crippen LogP contribution >= 0.6 is 11.8 Å². The van der Waals surface area contributed by atoms with Gasteiger partial charge in [0.25, 0.3) is 5.22 Å². The van der Waals surface area contributed by atoms with Gasteiger partial charge in [-0.3, -0.25) is 0 Å². The molecule has 1 saturated heterocycles. The number of fused-ring (bicyclic) bond motifs is 1. The van der Waals surface area contributed by atoms with E-state index in [0.717, 1.165) is 11.3 Å². The van der Waals surface area contributed by atoms with Gasteiger partial charge < -0.3 is 8.98 Å². The highest BCUT2D eigenvalue weighted by molar-refractivity contribution is 7.98. The first kappa shape index (κ1) is 23.2. The van der Waals surface area contributed by atoms with Crippen molar-refractivity contribution in [2.45, 2.75) is 42.2 Å². The Kier molecular flexibility index (Phi) is 6.36. The summed E-state index contributed by atoms with van der Waals surface area (Å²) >= 11 is 1.34. The number of sulfone groups is 1. The Hall–Kier alpha value is -1.96. The smallest absolute Gasteiger partial charge is 0.277 e. The van der Waals surface area contributed by atoms with Gasteiger partial charge in [0.1, 0.15) is 5.82 Å². The number of rotatable bonds is 8. The van der Waals surface area contributed by atoms with Gasteiger partial charge in [0.15, 0.2) is 9.84 Å². The Balaban J connectivity index is 1.49. The van der Waals surface area contributed by atoms with Crippen molar-refractivity contribution < 1.29 is 21.3 Å². The maximum atomic E-state index is 12.4. The zero-order chi connectivity index (χ0) is 23.1. The molecule has 0 aliphatic carbocycles. The monoisotopic (exact) mass is 499 g/mol. The van der Waals surface area contributed by atoms with Crippen LogP contribution in [0.2, 0.25) is 0 Å². The van der Waals surface area contributed by atoms with Gasteiger partial charge in [0.05, 0.1) is 33.2 Å². The van der Waals surface area contributed by atoms with Crippen LogP contribution in [-0.4, -0.2) is 66.5 Å². The summed E-state index contributed by atoms with van der Waals surface area (Å²) in [7, 11) is -3.49. The first-order valence-corrected chi connectivity index (χ1v) is 14.4. The van der Waals surface area contributed by atoms with Crippen molar-refractivity contribution in [1.29, 1.82) is 0 Å². The molecule has 13 heteroatoms. The molecule has 1 aliphatic rings. The summed E-state index contributed by atoms with van der Waals surface area (Å²) in [6, 6.07) is 4.96. The molecule has 1 aromatic carbocycles. The van der Waals surface area contributed by atoms with Gasteiger partial charge >= 0.3 is 0 Å². The molecule has 32 heavy (non-hydrogen) atoms. The molecule has 4 rings (SSSR count). The number of benzene rings is 1. The molecule has 0 amide bonds. The molecule has 0 radical (unpaired) electrons. The van der Waals surface area contributed by atoms with Gasteiger partial charge in [-0.05, 0) is 37.5 Å². The highest BCUT2D eigenvalue weighted by Gasteiger charge is 2.29. The minimum Gasteiger partial charge on any atom is -0.416 e. The number of nitrogens with zero attached hydrogens (tertiary/aromatic N) is 5. The third-order valence-electron chi connectivity index (χ3n) is 5.46. The van der Waals surface area contributed by atoms with Crippen LogP contribution in [0, 0.1) is 5.92 Å². The van der Waals surface area contributed by atoms with Gasteiger partial charge in [-0.15, -0.1) is 10.2 Å². The first-order valence-electron chi connectivity index (χ1n) is 10.2. The number of thioether (sulfide) groups is 1. The standard InChI is InChI=1S/C19H25N5O5S3/c1-4-24-16-6-5-14(32(27,28)23(2)3)10-15(16)20-17(24)11-30-19-22-21-18(29-19)9-13-7-8-31(25,26)12-13/h5-6,10,13H,4,7-9,11-12H2,1-3H3. The Labute approximate surface area is 191 Å². The van der Waals surface area contributed by atoms with Crippen LogP contribution in [0.15, 0.2) is 32.7 Å². The molecule has 0 saturated carbocycles. The van der Waals surface area contributed by atoms with Crippen LogP contribution in [0.5, 0.6) is 0 Å². The molecule has 2 aromatic heterocycles. The van der Waals surface area contributed by atoms with Crippen molar-refractivity contribution in [1.82, 2.24) is 24.1 Å². The maximum absolute atomic E-state index is 12.4. The van der Waals surface area contributed by atoms with Crippen LogP contribution < -0.4 is 0 Å². The van der Waals surface area contributed by atoms with E-state index in [-0.39, 0.29) is 22.3 Å². The van der Waals surface area contributed by atoms with E-state index in [2.05, 4.69) is 15.2 Å². The molecule has 0 bridgehead atoms. The summed E-state index contributed by atoms with van der Waals surface area (Å²) < 4.78 is 57.0. The molecule has 3 heterocycles. The normalized spacial score (nSPS) is 18.7. The van der Waals surface area contributed by atoms with E-state index >= 15 is 0 Å². The summed E-state index contributed by atoms with van der Waals surface area (Å²) in [5.41, 5.74) is 1.47. The highest BCUT2D eigenvalue weighted by atomic mass is 32.2. The lowest BCUT2D eigenvalue weighted by Gasteiger charge is -2.11. The van der Waals surface area contributed by atoms with Crippen molar-refractivity contribution >= 4 is 42.7 Å². The number of hydrogen-bond donors (Lipinski definition) is 0. The molecule has 1 atom stereocenters. The predicted molar refractivity (Wildman–Crippen MR) is 121 cm³/mol. The second-order valence-corrected chi connectivity index (χ2v) is 13.2. The molecule has 3 aromatic rings. The van der Waals surface area contributed by atoms with E-state index in [4.69, 9.17) is 4.42 Å². The second kappa shape index (κ2) is 8.76. The number of aryl methyl sites for hydroxylation is 1. The lowest BCUT2D eigenvalue weighted by Crippen LogP contribution is -2.22. The fourth-order valence-electron chi connectivity index (χ4n) is 3.78. The molecular weight excluding hydrogens is 474 g/mol. The lowest BCUT2D eigenvalue weighted by atomic mass is 10.1. The first-order chi connectivity index (χ1) is 15.1. The third kappa shape index (κ3) is 4.70. The minimum atomic E-state index is -3.54. The number of imidazole rings is 1. The highest BCUT2D eigenvalue weighted by Crippen LogP contribution is 2.28. The van der Waals surface area contributed by atoms with E-state index in [1.807, 2.05) is 11.5 Å². The molecule has 174 valence electrons. The van der Waals surface area contributed by atoms with Crippen LogP contribution in [0.4, 0.5) is 0 Å². The fraction of sp³-hybridized carbons (Fsp3) is 0.526. The average molecular weight is 500 g/mol. The van der Waals surface area contributed by atoms with Gasteiger partial charge in [-0.1, -0.05) is 11.8 Å². The largest absolute Gasteiger partial charge is 0.416 e. The van der Waals surface area contributed by atoms with Crippen LogP contribution in [0.1, 0.15) is 25.1 Å². The molecule has 1 aliphatic heterocycles. The Morgan fingerprint density at radius 1 is 1.28 bits per heavy atom. The fourth-order valence-corrected chi connectivity index (χ4v) is 7.29. The lowest BCUT2D eigenvalue weighted by molar-refractivity contribution is 0.389. The van der Waals surface area contributed by atoms with E-state index in [9.17, 15) is 16.8 Å². The summed E-state index contributed by atoms with van der Waals surface area (Å²) in [6.45, 7) is 2.68. The number of hydrogen-bond acceptors (Lipinski definition) is 9. The third-order valence-corrected chi connectivity index (χ3v) is 9.92. The Bertz CT molecular complexity index is 1340. The van der Waals surface area contributed by atoms with Gasteiger partial charge in [-0.2, -0.15) is 0 Å². The number of sulfonamides is 1. The van der Waals surface area contributed by atoms with E-state index in [1.54, 1.807) is 18.2 Å². The summed E-state index contributed by atoms with van der Waals surface area (Å²) in [4.78, 5) is 4.84. The summed E-state index contributed by atoms with van der Waals surface area (Å²) in [6.07, 6.45) is 1.09. The molecule has 10 nitrogen and oxygen atoms in total. The molecule has 0 N–H and O–H groups in total. The summed E-state index contributed by atoms with van der Waals surface area (Å²) in [5.74, 6) is 2.10.